The molecule has 0 N–H and O–H groups in total. The van der Waals surface area contributed by atoms with E-state index in [0.29, 0.717) is 5.92 Å². The van der Waals surface area contributed by atoms with Gasteiger partial charge in [-0.05, 0) is 61.8 Å². The fraction of sp³-hybridized carbons (Fsp3) is 0.700. The number of morpholine rings is 1. The molecule has 1 aliphatic carbocycles. The van der Waals surface area contributed by atoms with Crippen molar-refractivity contribution in [3.8, 4) is 0 Å². The van der Waals surface area contributed by atoms with Gasteiger partial charge in [0.1, 0.15) is 0 Å². The molecule has 2 fully saturated rings. The summed E-state index contributed by atoms with van der Waals surface area (Å²) in [5.41, 5.74) is 2.79. The molecule has 1 aromatic rings. The minimum absolute atomic E-state index is 0.701. The summed E-state index contributed by atoms with van der Waals surface area (Å²) in [6.45, 7) is 5.21. The van der Waals surface area contributed by atoms with Gasteiger partial charge in [0.15, 0.2) is 0 Å². The van der Waals surface area contributed by atoms with Crippen LogP contribution in [0.1, 0.15) is 62.0 Å². The predicted octanol–water partition coefficient (Wildman–Crippen LogP) is 5.04. The van der Waals surface area contributed by atoms with E-state index < -0.39 is 0 Å². The molecule has 3 rings (SSSR count). The van der Waals surface area contributed by atoms with Crippen molar-refractivity contribution in [2.24, 2.45) is 0 Å². The van der Waals surface area contributed by atoms with Crippen LogP contribution in [0.5, 0.6) is 0 Å². The van der Waals surface area contributed by atoms with Crippen molar-refractivity contribution in [1.82, 2.24) is 4.90 Å². The molecule has 0 bridgehead atoms. The summed E-state index contributed by atoms with van der Waals surface area (Å²) in [7, 11) is 0. The second kappa shape index (κ2) is 9.05. The molecule has 128 valence electrons. The summed E-state index contributed by atoms with van der Waals surface area (Å²) in [5.74, 6) is 0.701. The van der Waals surface area contributed by atoms with E-state index in [0.717, 1.165) is 37.7 Å². The Morgan fingerprint density at radius 1 is 1.04 bits per heavy atom. The van der Waals surface area contributed by atoms with Crippen molar-refractivity contribution >= 4 is 11.6 Å². The van der Waals surface area contributed by atoms with Crippen molar-refractivity contribution < 1.29 is 4.74 Å². The third-order valence-corrected chi connectivity index (χ3v) is 5.73. The van der Waals surface area contributed by atoms with Gasteiger partial charge in [-0.15, -0.1) is 0 Å². The molecule has 1 saturated carbocycles. The summed E-state index contributed by atoms with van der Waals surface area (Å²) < 4.78 is 5.39. The number of unbranched alkanes of at least 4 members (excludes halogenated alkanes) is 1. The second-order valence-corrected chi connectivity index (χ2v) is 7.51. The van der Waals surface area contributed by atoms with Gasteiger partial charge >= 0.3 is 0 Å². The monoisotopic (exact) mass is 335 g/mol. The lowest BCUT2D eigenvalue weighted by atomic mass is 9.83. The summed E-state index contributed by atoms with van der Waals surface area (Å²) >= 11 is 6.58. The second-order valence-electron chi connectivity index (χ2n) is 7.10. The Labute approximate surface area is 146 Å². The molecule has 0 spiro atoms. The number of halogens is 1. The molecule has 0 amide bonds. The average Bonchev–Trinajstić information content (AvgIpc) is 2.60. The van der Waals surface area contributed by atoms with E-state index in [1.165, 1.54) is 62.6 Å². The Balaban J connectivity index is 1.44. The van der Waals surface area contributed by atoms with E-state index in [2.05, 4.69) is 23.1 Å². The number of hydrogen-bond acceptors (Lipinski definition) is 2. The van der Waals surface area contributed by atoms with Gasteiger partial charge in [-0.1, -0.05) is 43.0 Å². The first-order valence-electron chi connectivity index (χ1n) is 9.41. The van der Waals surface area contributed by atoms with E-state index >= 15 is 0 Å². The lowest BCUT2D eigenvalue weighted by Gasteiger charge is -2.26. The summed E-state index contributed by atoms with van der Waals surface area (Å²) in [4.78, 5) is 2.52. The van der Waals surface area contributed by atoms with Gasteiger partial charge in [-0.2, -0.15) is 0 Å². The minimum atomic E-state index is 0.701. The molecule has 2 nitrogen and oxygen atoms in total. The predicted molar refractivity (Wildman–Crippen MR) is 97.5 cm³/mol. The SMILES string of the molecule is Clc1cc(CCCCN2CCOCC2)ccc1C1CCCCC1. The third kappa shape index (κ3) is 5.20. The molecular weight excluding hydrogens is 306 g/mol. The largest absolute Gasteiger partial charge is 0.379 e. The first-order valence-corrected chi connectivity index (χ1v) is 9.79. The number of rotatable bonds is 6. The molecule has 1 aromatic carbocycles. The first-order chi connectivity index (χ1) is 11.3. The number of benzene rings is 1. The molecule has 23 heavy (non-hydrogen) atoms. The maximum absolute atomic E-state index is 6.58. The van der Waals surface area contributed by atoms with E-state index in [1.807, 2.05) is 0 Å². The zero-order chi connectivity index (χ0) is 15.9. The quantitative estimate of drug-likeness (QED) is 0.675. The zero-order valence-corrected chi connectivity index (χ0v) is 15.0. The molecule has 2 aliphatic rings. The number of ether oxygens (including phenoxy) is 1. The highest BCUT2D eigenvalue weighted by atomic mass is 35.5. The highest BCUT2D eigenvalue weighted by molar-refractivity contribution is 6.31. The molecule has 1 saturated heterocycles. The smallest absolute Gasteiger partial charge is 0.0594 e. The van der Waals surface area contributed by atoms with Gasteiger partial charge < -0.3 is 4.74 Å². The Morgan fingerprint density at radius 2 is 1.83 bits per heavy atom. The average molecular weight is 336 g/mol. The highest BCUT2D eigenvalue weighted by Crippen LogP contribution is 2.36. The van der Waals surface area contributed by atoms with Crippen LogP contribution in [0.25, 0.3) is 0 Å². The van der Waals surface area contributed by atoms with Crippen LogP contribution in [0.2, 0.25) is 5.02 Å². The topological polar surface area (TPSA) is 12.5 Å². The molecule has 0 unspecified atom stereocenters. The third-order valence-electron chi connectivity index (χ3n) is 5.40. The molecule has 1 aliphatic heterocycles. The summed E-state index contributed by atoms with van der Waals surface area (Å²) in [6.07, 6.45) is 10.4. The van der Waals surface area contributed by atoms with Crippen molar-refractivity contribution in [2.45, 2.75) is 57.3 Å². The van der Waals surface area contributed by atoms with Crippen molar-refractivity contribution in [3.05, 3.63) is 34.3 Å². The van der Waals surface area contributed by atoms with Gasteiger partial charge in [0, 0.05) is 18.1 Å². The van der Waals surface area contributed by atoms with Crippen LogP contribution in [0.4, 0.5) is 0 Å². The van der Waals surface area contributed by atoms with Gasteiger partial charge in [-0.25, -0.2) is 0 Å². The van der Waals surface area contributed by atoms with E-state index in [-0.39, 0.29) is 0 Å². The molecular formula is C20H30ClNO. The van der Waals surface area contributed by atoms with E-state index in [4.69, 9.17) is 16.3 Å². The van der Waals surface area contributed by atoms with Gasteiger partial charge in [0.2, 0.25) is 0 Å². The Morgan fingerprint density at radius 3 is 2.57 bits per heavy atom. The zero-order valence-electron chi connectivity index (χ0n) is 14.2. The van der Waals surface area contributed by atoms with E-state index in [9.17, 15) is 0 Å². The molecule has 0 atom stereocenters. The first kappa shape index (κ1) is 17.3. The minimum Gasteiger partial charge on any atom is -0.379 e. The Hall–Kier alpha value is -0.570. The van der Waals surface area contributed by atoms with Gasteiger partial charge in [-0.3, -0.25) is 4.90 Å². The maximum atomic E-state index is 6.58. The van der Waals surface area contributed by atoms with Crippen molar-refractivity contribution in [3.63, 3.8) is 0 Å². The van der Waals surface area contributed by atoms with Crippen LogP contribution in [-0.2, 0) is 11.2 Å². The summed E-state index contributed by atoms with van der Waals surface area (Å²) in [6, 6.07) is 6.83. The molecule has 3 heteroatoms. The Kier molecular flexibility index (Phi) is 6.79. The number of aryl methyl sites for hydroxylation is 1. The molecule has 1 heterocycles. The number of nitrogens with zero attached hydrogens (tertiary/aromatic N) is 1. The molecule has 0 aromatic heterocycles. The van der Waals surface area contributed by atoms with Crippen LogP contribution in [0, 0.1) is 0 Å². The number of hydrogen-bond donors (Lipinski definition) is 0. The fourth-order valence-electron chi connectivity index (χ4n) is 3.96. The van der Waals surface area contributed by atoms with Crippen molar-refractivity contribution in [2.75, 3.05) is 32.8 Å². The standard InChI is InChI=1S/C20H30ClNO/c21-20-16-17(6-4-5-11-22-12-14-23-15-13-22)9-10-19(20)18-7-2-1-3-8-18/h9-10,16,18H,1-8,11-15H2. The van der Waals surface area contributed by atoms with Crippen LogP contribution >= 0.6 is 11.6 Å². The van der Waals surface area contributed by atoms with Gasteiger partial charge in [0.25, 0.3) is 0 Å². The normalized spacial score (nSPS) is 20.7. The lowest BCUT2D eigenvalue weighted by molar-refractivity contribution is 0.0372. The summed E-state index contributed by atoms with van der Waals surface area (Å²) in [5, 5.41) is 1.00. The van der Waals surface area contributed by atoms with Crippen LogP contribution in [-0.4, -0.2) is 37.7 Å². The Bertz CT molecular complexity index is 479. The fourth-order valence-corrected chi connectivity index (χ4v) is 4.32. The molecule has 0 radical (unpaired) electrons. The van der Waals surface area contributed by atoms with Crippen molar-refractivity contribution in [1.29, 1.82) is 0 Å². The highest BCUT2D eigenvalue weighted by Gasteiger charge is 2.18. The van der Waals surface area contributed by atoms with E-state index in [1.54, 1.807) is 0 Å². The maximum Gasteiger partial charge on any atom is 0.0594 e. The van der Waals surface area contributed by atoms with Crippen LogP contribution < -0.4 is 0 Å². The van der Waals surface area contributed by atoms with Crippen LogP contribution in [0.15, 0.2) is 18.2 Å². The van der Waals surface area contributed by atoms with Crippen LogP contribution in [0.3, 0.4) is 0 Å². The van der Waals surface area contributed by atoms with Gasteiger partial charge in [0.05, 0.1) is 13.2 Å². The lowest BCUT2D eigenvalue weighted by Crippen LogP contribution is -2.36.